The van der Waals surface area contributed by atoms with Crippen molar-refractivity contribution in [3.8, 4) is 0 Å². The summed E-state index contributed by atoms with van der Waals surface area (Å²) in [5.74, 6) is -0.330. The summed E-state index contributed by atoms with van der Waals surface area (Å²) in [5, 5.41) is 1.12. The second kappa shape index (κ2) is 7.19. The fourth-order valence-corrected chi connectivity index (χ4v) is 2.79. The van der Waals surface area contributed by atoms with Gasteiger partial charge in [-0.25, -0.2) is 8.78 Å². The molecule has 0 amide bonds. The summed E-state index contributed by atoms with van der Waals surface area (Å²) < 4.78 is 27.0. The molecule has 0 spiro atoms. The van der Waals surface area contributed by atoms with Crippen LogP contribution in [0.3, 0.4) is 0 Å². The van der Waals surface area contributed by atoms with Gasteiger partial charge in [0.1, 0.15) is 11.6 Å². The van der Waals surface area contributed by atoms with Crippen LogP contribution in [0.1, 0.15) is 11.1 Å². The summed E-state index contributed by atoms with van der Waals surface area (Å²) in [6.45, 7) is 0. The standard InChI is InChI=1S/C16H14BrClF2/c17-10-12(6-11-2-1-3-15(19)8-11)7-13-4-5-14(18)9-16(13)20/h1-5,8-9,12H,6-7,10H2. The topological polar surface area (TPSA) is 0 Å². The van der Waals surface area contributed by atoms with Crippen LogP contribution in [0.5, 0.6) is 0 Å². The van der Waals surface area contributed by atoms with Crippen molar-refractivity contribution >= 4 is 27.5 Å². The fraction of sp³-hybridized carbons (Fsp3) is 0.250. The van der Waals surface area contributed by atoms with Gasteiger partial charge in [0.15, 0.2) is 0 Å². The Morgan fingerprint density at radius 1 is 1.05 bits per heavy atom. The minimum Gasteiger partial charge on any atom is -0.207 e. The molecule has 0 aliphatic rings. The van der Waals surface area contributed by atoms with Gasteiger partial charge in [-0.1, -0.05) is 45.7 Å². The van der Waals surface area contributed by atoms with Gasteiger partial charge in [0.05, 0.1) is 0 Å². The third-order valence-electron chi connectivity index (χ3n) is 3.16. The van der Waals surface area contributed by atoms with E-state index in [-0.39, 0.29) is 17.6 Å². The third kappa shape index (κ3) is 4.29. The van der Waals surface area contributed by atoms with Gasteiger partial charge in [-0.2, -0.15) is 0 Å². The molecule has 0 aliphatic heterocycles. The van der Waals surface area contributed by atoms with Gasteiger partial charge in [0.25, 0.3) is 0 Å². The molecule has 0 aliphatic carbocycles. The van der Waals surface area contributed by atoms with Gasteiger partial charge in [-0.05, 0) is 54.2 Å². The molecule has 0 saturated heterocycles. The molecule has 0 fully saturated rings. The van der Waals surface area contributed by atoms with Gasteiger partial charge in [0, 0.05) is 10.4 Å². The Labute approximate surface area is 130 Å². The first-order valence-electron chi connectivity index (χ1n) is 6.33. The van der Waals surface area contributed by atoms with Gasteiger partial charge in [-0.3, -0.25) is 0 Å². The van der Waals surface area contributed by atoms with Crippen LogP contribution in [0.25, 0.3) is 0 Å². The molecule has 0 aromatic heterocycles. The number of hydrogen-bond acceptors (Lipinski definition) is 0. The van der Waals surface area contributed by atoms with E-state index in [1.165, 1.54) is 18.2 Å². The predicted molar refractivity (Wildman–Crippen MR) is 82.5 cm³/mol. The number of alkyl halides is 1. The van der Waals surface area contributed by atoms with E-state index in [0.717, 1.165) is 10.9 Å². The van der Waals surface area contributed by atoms with Crippen LogP contribution in [0, 0.1) is 17.6 Å². The fourth-order valence-electron chi connectivity index (χ4n) is 2.18. The summed E-state index contributed by atoms with van der Waals surface area (Å²) in [6, 6.07) is 11.2. The summed E-state index contributed by atoms with van der Waals surface area (Å²) in [4.78, 5) is 0. The Balaban J connectivity index is 2.09. The van der Waals surface area contributed by atoms with Crippen LogP contribution in [0.4, 0.5) is 8.78 Å². The molecular formula is C16H14BrClF2. The number of halogens is 4. The average molecular weight is 360 g/mol. The van der Waals surface area contributed by atoms with Crippen molar-refractivity contribution in [1.29, 1.82) is 0 Å². The van der Waals surface area contributed by atoms with E-state index in [1.807, 2.05) is 6.07 Å². The summed E-state index contributed by atoms with van der Waals surface area (Å²) in [5.41, 5.74) is 1.55. The molecule has 0 nitrogen and oxygen atoms in total. The van der Waals surface area contributed by atoms with E-state index in [4.69, 9.17) is 11.6 Å². The Kier molecular flexibility index (Phi) is 5.55. The van der Waals surface area contributed by atoms with Crippen molar-refractivity contribution in [2.45, 2.75) is 12.8 Å². The molecule has 0 heterocycles. The van der Waals surface area contributed by atoms with E-state index in [0.29, 0.717) is 23.4 Å². The lowest BCUT2D eigenvalue weighted by atomic mass is 9.94. The zero-order valence-electron chi connectivity index (χ0n) is 10.8. The van der Waals surface area contributed by atoms with Crippen molar-refractivity contribution in [1.82, 2.24) is 0 Å². The van der Waals surface area contributed by atoms with E-state index >= 15 is 0 Å². The molecule has 0 bridgehead atoms. The zero-order valence-corrected chi connectivity index (χ0v) is 13.1. The first-order chi connectivity index (χ1) is 9.58. The molecular weight excluding hydrogens is 346 g/mol. The lowest BCUT2D eigenvalue weighted by Gasteiger charge is -2.15. The molecule has 1 unspecified atom stereocenters. The lowest BCUT2D eigenvalue weighted by molar-refractivity contribution is 0.548. The number of benzene rings is 2. The highest BCUT2D eigenvalue weighted by atomic mass is 79.9. The van der Waals surface area contributed by atoms with E-state index in [2.05, 4.69) is 15.9 Å². The highest BCUT2D eigenvalue weighted by Gasteiger charge is 2.13. The highest BCUT2D eigenvalue weighted by molar-refractivity contribution is 9.09. The maximum Gasteiger partial charge on any atom is 0.127 e. The van der Waals surface area contributed by atoms with Crippen molar-refractivity contribution in [2.24, 2.45) is 5.92 Å². The Hall–Kier alpha value is -0.930. The number of rotatable bonds is 5. The Bertz CT molecular complexity index is 586. The van der Waals surface area contributed by atoms with Crippen molar-refractivity contribution in [3.05, 3.63) is 70.2 Å². The van der Waals surface area contributed by atoms with E-state index in [1.54, 1.807) is 18.2 Å². The van der Waals surface area contributed by atoms with Crippen LogP contribution in [-0.4, -0.2) is 5.33 Å². The molecule has 4 heteroatoms. The van der Waals surface area contributed by atoms with Gasteiger partial charge >= 0.3 is 0 Å². The van der Waals surface area contributed by atoms with Crippen molar-refractivity contribution in [3.63, 3.8) is 0 Å². The summed E-state index contributed by atoms with van der Waals surface area (Å²) in [6.07, 6.45) is 1.29. The van der Waals surface area contributed by atoms with E-state index < -0.39 is 0 Å². The maximum absolute atomic E-state index is 13.8. The average Bonchev–Trinajstić information content (AvgIpc) is 2.41. The molecule has 106 valence electrons. The van der Waals surface area contributed by atoms with Crippen molar-refractivity contribution < 1.29 is 8.78 Å². The zero-order chi connectivity index (χ0) is 14.5. The molecule has 0 radical (unpaired) electrons. The molecule has 2 aromatic carbocycles. The molecule has 0 saturated carbocycles. The van der Waals surface area contributed by atoms with Crippen LogP contribution < -0.4 is 0 Å². The first-order valence-corrected chi connectivity index (χ1v) is 7.82. The van der Waals surface area contributed by atoms with Gasteiger partial charge < -0.3 is 0 Å². The quantitative estimate of drug-likeness (QED) is 0.626. The van der Waals surface area contributed by atoms with Crippen LogP contribution in [0.15, 0.2) is 42.5 Å². The molecule has 2 rings (SSSR count). The normalized spacial score (nSPS) is 12.4. The monoisotopic (exact) mass is 358 g/mol. The smallest absolute Gasteiger partial charge is 0.127 e. The number of hydrogen-bond donors (Lipinski definition) is 0. The molecule has 1 atom stereocenters. The van der Waals surface area contributed by atoms with Gasteiger partial charge in [0.2, 0.25) is 0 Å². The third-order valence-corrected chi connectivity index (χ3v) is 4.31. The van der Waals surface area contributed by atoms with Crippen LogP contribution in [0.2, 0.25) is 5.02 Å². The lowest BCUT2D eigenvalue weighted by Crippen LogP contribution is -2.11. The Morgan fingerprint density at radius 3 is 2.50 bits per heavy atom. The highest BCUT2D eigenvalue weighted by Crippen LogP contribution is 2.21. The first kappa shape index (κ1) is 15.5. The SMILES string of the molecule is Fc1cccc(CC(CBr)Cc2ccc(Cl)cc2F)c1. The minimum atomic E-state index is -0.289. The summed E-state index contributed by atoms with van der Waals surface area (Å²) >= 11 is 9.19. The second-order valence-electron chi connectivity index (χ2n) is 4.79. The van der Waals surface area contributed by atoms with Gasteiger partial charge in [-0.15, -0.1) is 0 Å². The molecule has 20 heavy (non-hydrogen) atoms. The summed E-state index contributed by atoms with van der Waals surface area (Å²) in [7, 11) is 0. The maximum atomic E-state index is 13.8. The van der Waals surface area contributed by atoms with E-state index in [9.17, 15) is 8.78 Å². The minimum absolute atomic E-state index is 0.201. The second-order valence-corrected chi connectivity index (χ2v) is 5.88. The van der Waals surface area contributed by atoms with Crippen molar-refractivity contribution in [2.75, 3.05) is 5.33 Å². The van der Waals surface area contributed by atoms with Crippen LogP contribution >= 0.6 is 27.5 Å². The predicted octanol–water partition coefficient (Wildman–Crippen LogP) is 5.41. The largest absolute Gasteiger partial charge is 0.207 e. The van der Waals surface area contributed by atoms with Crippen LogP contribution in [-0.2, 0) is 12.8 Å². The molecule has 2 aromatic rings. The molecule has 0 N–H and O–H groups in total. The Morgan fingerprint density at radius 2 is 1.85 bits per heavy atom.